The second-order valence-corrected chi connectivity index (χ2v) is 7.86. The number of rotatable bonds is 6. The van der Waals surface area contributed by atoms with Crippen LogP contribution in [0.25, 0.3) is 10.9 Å². The van der Waals surface area contributed by atoms with Crippen molar-refractivity contribution in [3.63, 3.8) is 0 Å². The Morgan fingerprint density at radius 2 is 1.66 bits per heavy atom. The lowest BCUT2D eigenvalue weighted by atomic mass is 10.0. The first kappa shape index (κ1) is 22.0. The largest absolute Gasteiger partial charge is 0.481 e. The van der Waals surface area contributed by atoms with Crippen LogP contribution in [-0.2, 0) is 30.0 Å². The number of aliphatic carboxylic acids is 1. The Morgan fingerprint density at radius 1 is 1.03 bits per heavy atom. The van der Waals surface area contributed by atoms with Gasteiger partial charge in [-0.05, 0) is 66.6 Å². The van der Waals surface area contributed by atoms with Crippen molar-refractivity contribution in [3.05, 3.63) is 58.8 Å². The quantitative estimate of drug-likeness (QED) is 0.411. The molecule has 0 saturated heterocycles. The van der Waals surface area contributed by atoms with Crippen LogP contribution in [0.2, 0.25) is 0 Å². The smallest absolute Gasteiger partial charge is 0.420 e. The molecule has 2 aromatic carbocycles. The standard InChI is InChI=1S/C22H17F6NO3/c23-21(24,25)16-6-12(8-19(30)31)7-17(22(26,27)28)20(16)32-14-3-4-18-15(9-14)13(10-29-18)5-11-1-2-11/h3-4,6-7,9-11,29H,1-2,5,8H2,(H,30,31). The molecule has 2 N–H and O–H groups in total. The maximum atomic E-state index is 13.7. The Kier molecular flexibility index (Phi) is 5.34. The minimum atomic E-state index is -5.20. The Hall–Kier alpha value is -3.17. The van der Waals surface area contributed by atoms with E-state index in [1.54, 1.807) is 6.20 Å². The molecule has 1 saturated carbocycles. The molecule has 3 aromatic rings. The molecule has 1 aliphatic carbocycles. The molecule has 0 bridgehead atoms. The van der Waals surface area contributed by atoms with Crippen LogP contribution in [0.4, 0.5) is 26.3 Å². The Labute approximate surface area is 177 Å². The van der Waals surface area contributed by atoms with E-state index in [9.17, 15) is 31.1 Å². The number of aromatic amines is 1. The number of carboxylic acids is 1. The third-order valence-electron chi connectivity index (χ3n) is 5.28. The van der Waals surface area contributed by atoms with Crippen LogP contribution in [0.5, 0.6) is 11.5 Å². The van der Waals surface area contributed by atoms with Crippen molar-refractivity contribution in [3.8, 4) is 11.5 Å². The lowest BCUT2D eigenvalue weighted by Crippen LogP contribution is -2.16. The molecule has 0 aliphatic heterocycles. The molecular formula is C22H17F6NO3. The zero-order valence-electron chi connectivity index (χ0n) is 16.4. The van der Waals surface area contributed by atoms with Crippen LogP contribution < -0.4 is 4.74 Å². The van der Waals surface area contributed by atoms with Crippen molar-refractivity contribution in [1.82, 2.24) is 4.98 Å². The zero-order chi connectivity index (χ0) is 23.3. The Balaban J connectivity index is 1.81. The van der Waals surface area contributed by atoms with Gasteiger partial charge < -0.3 is 14.8 Å². The van der Waals surface area contributed by atoms with Crippen LogP contribution >= 0.6 is 0 Å². The molecule has 0 atom stereocenters. The third kappa shape index (κ3) is 4.68. The van der Waals surface area contributed by atoms with Crippen molar-refractivity contribution >= 4 is 16.9 Å². The predicted octanol–water partition coefficient (Wildman–Crippen LogP) is 6.58. The van der Waals surface area contributed by atoms with Gasteiger partial charge in [-0.3, -0.25) is 4.79 Å². The number of alkyl halides is 6. The van der Waals surface area contributed by atoms with Gasteiger partial charge in [0.05, 0.1) is 17.5 Å². The Morgan fingerprint density at radius 3 is 2.19 bits per heavy atom. The first-order valence-electron chi connectivity index (χ1n) is 9.73. The lowest BCUT2D eigenvalue weighted by Gasteiger charge is -2.20. The number of H-pyrrole nitrogens is 1. The molecule has 0 spiro atoms. The molecule has 4 rings (SSSR count). The topological polar surface area (TPSA) is 62.3 Å². The zero-order valence-corrected chi connectivity index (χ0v) is 16.4. The van der Waals surface area contributed by atoms with Crippen molar-refractivity contribution in [2.45, 2.75) is 38.0 Å². The number of carboxylic acid groups (broad SMARTS) is 1. The molecule has 1 fully saturated rings. The monoisotopic (exact) mass is 457 g/mol. The number of hydrogen-bond donors (Lipinski definition) is 2. The number of ether oxygens (including phenoxy) is 1. The van der Waals surface area contributed by atoms with Crippen LogP contribution in [0.3, 0.4) is 0 Å². The van der Waals surface area contributed by atoms with Crippen LogP contribution in [0.1, 0.15) is 35.1 Å². The highest BCUT2D eigenvalue weighted by Gasteiger charge is 2.43. The van der Waals surface area contributed by atoms with E-state index < -0.39 is 47.2 Å². The van der Waals surface area contributed by atoms with Gasteiger partial charge in [-0.2, -0.15) is 26.3 Å². The van der Waals surface area contributed by atoms with Gasteiger partial charge in [0.2, 0.25) is 0 Å². The van der Waals surface area contributed by atoms with Gasteiger partial charge in [0.1, 0.15) is 5.75 Å². The van der Waals surface area contributed by atoms with Crippen LogP contribution in [0.15, 0.2) is 36.5 Å². The molecule has 170 valence electrons. The van der Waals surface area contributed by atoms with Gasteiger partial charge in [0.15, 0.2) is 5.75 Å². The summed E-state index contributed by atoms with van der Waals surface area (Å²) in [4.78, 5) is 13.9. The maximum Gasteiger partial charge on any atom is 0.420 e. The van der Waals surface area contributed by atoms with Crippen molar-refractivity contribution in [2.75, 3.05) is 0 Å². The summed E-state index contributed by atoms with van der Waals surface area (Å²) in [5.41, 5.74) is -2.39. The molecule has 1 aromatic heterocycles. The highest BCUT2D eigenvalue weighted by molar-refractivity contribution is 5.84. The van der Waals surface area contributed by atoms with Gasteiger partial charge in [0.25, 0.3) is 0 Å². The lowest BCUT2D eigenvalue weighted by molar-refractivity contribution is -0.145. The Bertz CT molecular complexity index is 1140. The van der Waals surface area contributed by atoms with Crippen LogP contribution in [0, 0.1) is 5.92 Å². The highest BCUT2D eigenvalue weighted by atomic mass is 19.4. The van der Waals surface area contributed by atoms with Crippen molar-refractivity contribution in [2.24, 2.45) is 5.92 Å². The van der Waals surface area contributed by atoms with Gasteiger partial charge >= 0.3 is 18.3 Å². The molecule has 0 radical (unpaired) electrons. The highest BCUT2D eigenvalue weighted by Crippen LogP contribution is 2.47. The maximum absolute atomic E-state index is 13.7. The van der Waals surface area contributed by atoms with E-state index in [0.717, 1.165) is 24.8 Å². The van der Waals surface area contributed by atoms with Gasteiger partial charge in [-0.25, -0.2) is 0 Å². The second kappa shape index (κ2) is 7.75. The van der Waals surface area contributed by atoms with E-state index >= 15 is 0 Å². The van der Waals surface area contributed by atoms with Crippen molar-refractivity contribution < 1.29 is 41.0 Å². The molecule has 0 unspecified atom stereocenters. The molecule has 1 aliphatic rings. The molecule has 0 amide bonds. The van der Waals surface area contributed by atoms with E-state index in [1.807, 2.05) is 0 Å². The van der Waals surface area contributed by atoms with Gasteiger partial charge in [-0.1, -0.05) is 0 Å². The summed E-state index contributed by atoms with van der Waals surface area (Å²) in [6, 6.07) is 4.98. The first-order chi connectivity index (χ1) is 14.9. The fourth-order valence-electron chi connectivity index (χ4n) is 3.64. The first-order valence-corrected chi connectivity index (χ1v) is 9.73. The van der Waals surface area contributed by atoms with E-state index in [-0.39, 0.29) is 5.75 Å². The molecule has 4 nitrogen and oxygen atoms in total. The number of hydrogen-bond acceptors (Lipinski definition) is 2. The van der Waals surface area contributed by atoms with Gasteiger partial charge in [-0.15, -0.1) is 0 Å². The molecule has 10 heteroatoms. The third-order valence-corrected chi connectivity index (χ3v) is 5.28. The van der Waals surface area contributed by atoms with E-state index in [0.29, 0.717) is 29.0 Å². The van der Waals surface area contributed by atoms with Gasteiger partial charge in [0, 0.05) is 17.1 Å². The number of halogens is 6. The number of fused-ring (bicyclic) bond motifs is 1. The average Bonchev–Trinajstić information content (AvgIpc) is 3.40. The number of nitrogens with one attached hydrogen (secondary N) is 1. The summed E-state index contributed by atoms with van der Waals surface area (Å²) in [7, 11) is 0. The minimum Gasteiger partial charge on any atom is -0.481 e. The minimum absolute atomic E-state index is 0.184. The fourth-order valence-corrected chi connectivity index (χ4v) is 3.64. The summed E-state index contributed by atoms with van der Waals surface area (Å²) in [6.45, 7) is 0. The molecule has 1 heterocycles. The SMILES string of the molecule is O=C(O)Cc1cc(C(F)(F)F)c(Oc2ccc3[nH]cc(CC4CC4)c3c2)c(C(F)(F)F)c1. The summed E-state index contributed by atoms with van der Waals surface area (Å²) in [5.74, 6) is -2.62. The van der Waals surface area contributed by atoms with Crippen molar-refractivity contribution in [1.29, 1.82) is 0 Å². The van der Waals surface area contributed by atoms with E-state index in [4.69, 9.17) is 9.84 Å². The number of aromatic nitrogens is 1. The number of benzene rings is 2. The fraction of sp³-hybridized carbons (Fsp3) is 0.318. The normalized spacial score (nSPS) is 14.7. The summed E-state index contributed by atoms with van der Waals surface area (Å²) in [5, 5.41) is 9.50. The molecule has 32 heavy (non-hydrogen) atoms. The second-order valence-electron chi connectivity index (χ2n) is 7.86. The molecular weight excluding hydrogens is 440 g/mol. The average molecular weight is 457 g/mol. The summed E-state index contributed by atoms with van der Waals surface area (Å²) >= 11 is 0. The predicted molar refractivity (Wildman–Crippen MR) is 103 cm³/mol. The summed E-state index contributed by atoms with van der Waals surface area (Å²) in [6.07, 6.45) is -6.69. The van der Waals surface area contributed by atoms with E-state index in [1.165, 1.54) is 18.2 Å². The summed E-state index contributed by atoms with van der Waals surface area (Å²) < 4.78 is 87.1. The van der Waals surface area contributed by atoms with E-state index in [2.05, 4.69) is 4.98 Å². The van der Waals surface area contributed by atoms with Crippen LogP contribution in [-0.4, -0.2) is 16.1 Å². The number of carbonyl (C=O) groups is 1.